The fraction of sp³-hybridized carbons (Fsp3) is 0.222. The Balaban J connectivity index is 1.81. The largest absolute Gasteiger partial charge is 0.327 e. The van der Waals surface area contributed by atoms with E-state index in [4.69, 9.17) is 5.26 Å². The van der Waals surface area contributed by atoms with E-state index in [2.05, 4.69) is 4.72 Å². The molecule has 1 aliphatic heterocycles. The molecule has 1 saturated heterocycles. The number of carbonyl (C=O) groups is 1. The maximum atomic E-state index is 12.5. The molecule has 0 aromatic heterocycles. The molecule has 0 atom stereocenters. The van der Waals surface area contributed by atoms with Gasteiger partial charge in [-0.2, -0.15) is 5.26 Å². The highest BCUT2D eigenvalue weighted by molar-refractivity contribution is 7.92. The number of sulfonamides is 1. The highest BCUT2D eigenvalue weighted by atomic mass is 32.2. The van der Waals surface area contributed by atoms with Gasteiger partial charge in [0.05, 0.1) is 5.56 Å². The number of hydrogen-bond donors (Lipinski definition) is 1. The van der Waals surface area contributed by atoms with E-state index in [0.29, 0.717) is 17.9 Å². The summed E-state index contributed by atoms with van der Waals surface area (Å²) in [6, 6.07) is 14.4. The first-order valence-corrected chi connectivity index (χ1v) is 9.55. The fourth-order valence-electron chi connectivity index (χ4n) is 2.82. The van der Waals surface area contributed by atoms with Crippen LogP contribution >= 0.6 is 0 Å². The fourth-order valence-corrected chi connectivity index (χ4v) is 4.03. The van der Waals surface area contributed by atoms with E-state index in [0.717, 1.165) is 13.0 Å². The number of anilines is 2. The Morgan fingerprint density at radius 2 is 1.77 bits per heavy atom. The first-order valence-electron chi connectivity index (χ1n) is 8.07. The molecule has 2 aromatic carbocycles. The minimum Gasteiger partial charge on any atom is -0.327 e. The maximum absolute atomic E-state index is 12.5. The Morgan fingerprint density at radius 3 is 2.46 bits per heavy atom. The molecule has 0 unspecified atom stereocenters. The predicted octanol–water partition coefficient (Wildman–Crippen LogP) is 2.62. The molecule has 1 N–H and O–H groups in total. The van der Waals surface area contributed by atoms with Gasteiger partial charge < -0.3 is 4.90 Å². The molecule has 0 saturated carbocycles. The number of hydrogen-bond acceptors (Lipinski definition) is 4. The molecule has 0 spiro atoms. The molecule has 1 fully saturated rings. The molecule has 0 radical (unpaired) electrons. The lowest BCUT2D eigenvalue weighted by atomic mass is 10.2. The van der Waals surface area contributed by atoms with Crippen molar-refractivity contribution in [2.24, 2.45) is 0 Å². The van der Waals surface area contributed by atoms with Gasteiger partial charge in [-0.25, -0.2) is 13.2 Å². The third kappa shape index (κ3) is 3.48. The molecule has 1 heterocycles. The molecule has 0 bridgehead atoms. The van der Waals surface area contributed by atoms with Crippen molar-refractivity contribution < 1.29 is 13.2 Å². The highest BCUT2D eigenvalue weighted by Crippen LogP contribution is 2.24. The van der Waals surface area contributed by atoms with Crippen molar-refractivity contribution in [1.29, 1.82) is 5.26 Å². The summed E-state index contributed by atoms with van der Waals surface area (Å²) in [6.07, 6.45) is 0.877. The minimum absolute atomic E-state index is 0.0700. The Hall–Kier alpha value is -3.05. The third-order valence-corrected chi connectivity index (χ3v) is 5.60. The van der Waals surface area contributed by atoms with Crippen molar-refractivity contribution in [2.45, 2.75) is 11.3 Å². The van der Waals surface area contributed by atoms with Crippen LogP contribution in [0.4, 0.5) is 16.2 Å². The maximum Gasteiger partial charge on any atom is 0.324 e. The van der Waals surface area contributed by atoms with Crippen LogP contribution in [0.2, 0.25) is 0 Å². The highest BCUT2D eigenvalue weighted by Gasteiger charge is 2.24. The van der Waals surface area contributed by atoms with Crippen molar-refractivity contribution in [3.63, 3.8) is 0 Å². The smallest absolute Gasteiger partial charge is 0.324 e. The molecular weight excluding hydrogens is 352 g/mol. The van der Waals surface area contributed by atoms with Crippen molar-refractivity contribution in [3.05, 3.63) is 54.1 Å². The lowest BCUT2D eigenvalue weighted by Crippen LogP contribution is -2.47. The van der Waals surface area contributed by atoms with Gasteiger partial charge in [0.2, 0.25) is 0 Å². The van der Waals surface area contributed by atoms with Crippen molar-refractivity contribution in [1.82, 2.24) is 4.90 Å². The zero-order valence-electron chi connectivity index (χ0n) is 14.2. The van der Waals surface area contributed by atoms with Gasteiger partial charge in [0, 0.05) is 31.5 Å². The number of nitriles is 1. The van der Waals surface area contributed by atoms with E-state index >= 15 is 0 Å². The minimum atomic E-state index is -3.87. The molecule has 2 amide bonds. The van der Waals surface area contributed by atoms with Crippen LogP contribution in [0.1, 0.15) is 12.0 Å². The lowest BCUT2D eigenvalue weighted by Gasteiger charge is -2.33. The SMILES string of the molecule is CN1CCCN(c2ccc(NS(=O)(=O)c3ccccc3C#N)cc2)C1=O. The van der Waals surface area contributed by atoms with Crippen LogP contribution in [0.15, 0.2) is 53.4 Å². The number of rotatable bonds is 4. The molecule has 0 aliphatic carbocycles. The van der Waals surface area contributed by atoms with Crippen LogP contribution in [0, 0.1) is 11.3 Å². The van der Waals surface area contributed by atoms with Gasteiger partial charge in [-0.15, -0.1) is 0 Å². The second-order valence-electron chi connectivity index (χ2n) is 5.97. The van der Waals surface area contributed by atoms with Crippen LogP contribution in [0.5, 0.6) is 0 Å². The first kappa shape index (κ1) is 17.8. The molecule has 134 valence electrons. The van der Waals surface area contributed by atoms with E-state index in [1.165, 1.54) is 12.1 Å². The van der Waals surface area contributed by atoms with Crippen LogP contribution in [-0.2, 0) is 10.0 Å². The molecule has 2 aromatic rings. The van der Waals surface area contributed by atoms with E-state index in [1.807, 2.05) is 6.07 Å². The molecule has 7 nitrogen and oxygen atoms in total. The van der Waals surface area contributed by atoms with E-state index < -0.39 is 10.0 Å². The van der Waals surface area contributed by atoms with Crippen molar-refractivity contribution in [3.8, 4) is 6.07 Å². The number of nitrogens with one attached hydrogen (secondary N) is 1. The Labute approximate surface area is 152 Å². The molecule has 8 heteroatoms. The number of amides is 2. The van der Waals surface area contributed by atoms with Crippen LogP contribution in [0.3, 0.4) is 0 Å². The lowest BCUT2D eigenvalue weighted by molar-refractivity contribution is 0.207. The van der Waals surface area contributed by atoms with Crippen molar-refractivity contribution in [2.75, 3.05) is 29.8 Å². The molecule has 26 heavy (non-hydrogen) atoms. The van der Waals surface area contributed by atoms with Gasteiger partial charge in [-0.05, 0) is 42.8 Å². The Bertz CT molecular complexity index is 965. The normalized spacial score (nSPS) is 14.8. The average Bonchev–Trinajstić information content (AvgIpc) is 2.64. The zero-order chi connectivity index (χ0) is 18.7. The van der Waals surface area contributed by atoms with Crippen LogP contribution in [-0.4, -0.2) is 39.5 Å². The quantitative estimate of drug-likeness (QED) is 0.895. The third-order valence-electron chi connectivity index (χ3n) is 4.16. The van der Waals surface area contributed by atoms with Crippen LogP contribution < -0.4 is 9.62 Å². The van der Waals surface area contributed by atoms with Gasteiger partial charge in [-0.3, -0.25) is 9.62 Å². The summed E-state index contributed by atoms with van der Waals surface area (Å²) in [4.78, 5) is 15.4. The number of carbonyl (C=O) groups excluding carboxylic acids is 1. The van der Waals surface area contributed by atoms with Gasteiger partial charge in [-0.1, -0.05) is 12.1 Å². The first-order chi connectivity index (χ1) is 12.4. The summed E-state index contributed by atoms with van der Waals surface area (Å²) >= 11 is 0. The van der Waals surface area contributed by atoms with Gasteiger partial charge >= 0.3 is 6.03 Å². The van der Waals surface area contributed by atoms with E-state index in [-0.39, 0.29) is 16.5 Å². The molecule has 3 rings (SSSR count). The second kappa shape index (κ2) is 7.06. The summed E-state index contributed by atoms with van der Waals surface area (Å²) in [5.41, 5.74) is 1.15. The summed E-state index contributed by atoms with van der Waals surface area (Å²) in [7, 11) is -2.12. The topological polar surface area (TPSA) is 93.5 Å². The monoisotopic (exact) mass is 370 g/mol. The van der Waals surface area contributed by atoms with E-state index in [9.17, 15) is 13.2 Å². The Kier molecular flexibility index (Phi) is 4.82. The van der Waals surface area contributed by atoms with Gasteiger partial charge in [0.1, 0.15) is 11.0 Å². The second-order valence-corrected chi connectivity index (χ2v) is 7.62. The van der Waals surface area contributed by atoms with Crippen molar-refractivity contribution >= 4 is 27.4 Å². The predicted molar refractivity (Wildman–Crippen MR) is 98.4 cm³/mol. The summed E-state index contributed by atoms with van der Waals surface area (Å²) in [6.45, 7) is 1.36. The summed E-state index contributed by atoms with van der Waals surface area (Å²) in [5, 5.41) is 9.09. The number of benzene rings is 2. The average molecular weight is 370 g/mol. The summed E-state index contributed by atoms with van der Waals surface area (Å²) < 4.78 is 27.5. The molecule has 1 aliphatic rings. The Morgan fingerprint density at radius 1 is 1.08 bits per heavy atom. The molecular formula is C18H18N4O3S. The number of urea groups is 1. The number of nitrogens with zero attached hydrogens (tertiary/aromatic N) is 3. The van der Waals surface area contributed by atoms with Gasteiger partial charge in [0.25, 0.3) is 10.0 Å². The standard InChI is InChI=1S/C18H18N4O3S/c1-21-11-4-12-22(18(21)23)16-9-7-15(8-10-16)20-26(24,25)17-6-3-2-5-14(17)13-19/h2-3,5-10,20H,4,11-12H2,1H3. The van der Waals surface area contributed by atoms with Crippen LogP contribution in [0.25, 0.3) is 0 Å². The van der Waals surface area contributed by atoms with Gasteiger partial charge in [0.15, 0.2) is 0 Å². The summed E-state index contributed by atoms with van der Waals surface area (Å²) in [5.74, 6) is 0. The van der Waals surface area contributed by atoms with E-state index in [1.54, 1.807) is 53.2 Å². The zero-order valence-corrected chi connectivity index (χ0v) is 15.0.